The lowest BCUT2D eigenvalue weighted by atomic mass is 10.2. The van der Waals surface area contributed by atoms with Gasteiger partial charge >= 0.3 is 0 Å². The number of ketones is 1. The van der Waals surface area contributed by atoms with Crippen LogP contribution in [-0.2, 0) is 9.59 Å². The highest BCUT2D eigenvalue weighted by atomic mass is 35.5. The predicted octanol–water partition coefficient (Wildman–Crippen LogP) is 5.49. The fourth-order valence-electron chi connectivity index (χ4n) is 2.82. The molecule has 1 N–H and O–H groups in total. The molecule has 0 aliphatic carbocycles. The molecule has 2 rings (SSSR count). The van der Waals surface area contributed by atoms with Gasteiger partial charge in [-0.15, -0.1) is 5.11 Å². The quantitative estimate of drug-likeness (QED) is 0.324. The van der Waals surface area contributed by atoms with Crippen molar-refractivity contribution >= 4 is 46.3 Å². The van der Waals surface area contributed by atoms with Gasteiger partial charge in [0.2, 0.25) is 6.04 Å². The van der Waals surface area contributed by atoms with Crippen molar-refractivity contribution in [1.29, 1.82) is 0 Å². The maximum atomic E-state index is 13.0. The summed E-state index contributed by atoms with van der Waals surface area (Å²) in [6, 6.07) is 4.73. The summed E-state index contributed by atoms with van der Waals surface area (Å²) in [5, 5.41) is 11.2. The van der Waals surface area contributed by atoms with Crippen molar-refractivity contribution in [2.75, 3.05) is 32.8 Å². The second-order valence-corrected chi connectivity index (χ2v) is 7.34. The molecule has 0 radical (unpaired) electrons. The summed E-state index contributed by atoms with van der Waals surface area (Å²) in [4.78, 5) is 25.3. The first kappa shape index (κ1) is 26.2. The topological polar surface area (TPSA) is 108 Å². The van der Waals surface area contributed by atoms with Crippen LogP contribution in [0.4, 0.5) is 11.4 Å². The van der Waals surface area contributed by atoms with Crippen LogP contribution in [0.25, 0.3) is 0 Å². The molecule has 0 fully saturated rings. The number of halogens is 2. The van der Waals surface area contributed by atoms with Gasteiger partial charge in [0.15, 0.2) is 17.3 Å². The first-order valence-corrected chi connectivity index (χ1v) is 10.7. The highest BCUT2D eigenvalue weighted by molar-refractivity contribution is 6.33. The van der Waals surface area contributed by atoms with Crippen molar-refractivity contribution in [2.45, 2.75) is 26.8 Å². The van der Waals surface area contributed by atoms with Crippen LogP contribution in [0.2, 0.25) is 10.0 Å². The lowest BCUT2D eigenvalue weighted by Crippen LogP contribution is -2.32. The Morgan fingerprint density at radius 2 is 1.61 bits per heavy atom. The van der Waals surface area contributed by atoms with E-state index in [1.54, 1.807) is 19.9 Å². The van der Waals surface area contributed by atoms with Gasteiger partial charge in [0, 0.05) is 17.2 Å². The summed E-state index contributed by atoms with van der Waals surface area (Å²) in [7, 11) is 2.87. The van der Waals surface area contributed by atoms with Crippen LogP contribution in [0.1, 0.15) is 20.8 Å². The van der Waals surface area contributed by atoms with Crippen molar-refractivity contribution in [2.24, 2.45) is 10.2 Å². The summed E-state index contributed by atoms with van der Waals surface area (Å²) < 4.78 is 21.7. The molecule has 0 aliphatic rings. The van der Waals surface area contributed by atoms with Crippen molar-refractivity contribution in [3.8, 4) is 23.0 Å². The predicted molar refractivity (Wildman–Crippen MR) is 126 cm³/mol. The van der Waals surface area contributed by atoms with Gasteiger partial charge in [-0.3, -0.25) is 9.59 Å². The molecule has 2 aromatic rings. The first-order valence-electron chi connectivity index (χ1n) is 9.99. The van der Waals surface area contributed by atoms with E-state index in [4.69, 9.17) is 42.1 Å². The van der Waals surface area contributed by atoms with Crippen LogP contribution in [-0.4, -0.2) is 45.2 Å². The smallest absolute Gasteiger partial charge is 0.259 e. The number of ether oxygens (including phenoxy) is 4. The van der Waals surface area contributed by atoms with Gasteiger partial charge in [-0.2, -0.15) is 5.11 Å². The fourth-order valence-corrected chi connectivity index (χ4v) is 3.21. The van der Waals surface area contributed by atoms with E-state index < -0.39 is 17.7 Å². The third kappa shape index (κ3) is 6.49. The number of carbonyl (C=O) groups excluding carboxylic acids is 2. The SMILES string of the molecule is CCOc1cc(Cl)cc(OCC)c1NC(=O)C(N=Nc1c(Cl)ccc(OC)c1OC)C(C)=O. The van der Waals surface area contributed by atoms with Gasteiger partial charge < -0.3 is 24.3 Å². The van der Waals surface area contributed by atoms with Gasteiger partial charge in [-0.05, 0) is 32.9 Å². The van der Waals surface area contributed by atoms with Gasteiger partial charge in [0.05, 0.1) is 32.5 Å². The monoisotopic (exact) mass is 497 g/mol. The molecule has 0 aliphatic heterocycles. The average Bonchev–Trinajstić information content (AvgIpc) is 2.77. The Kier molecular flexibility index (Phi) is 9.74. The molecule has 0 bridgehead atoms. The molecule has 0 spiro atoms. The number of carbonyl (C=O) groups is 2. The van der Waals surface area contributed by atoms with Gasteiger partial charge in [0.1, 0.15) is 22.9 Å². The van der Waals surface area contributed by atoms with Crippen LogP contribution in [0.3, 0.4) is 0 Å². The zero-order chi connectivity index (χ0) is 24.5. The molecule has 9 nitrogen and oxygen atoms in total. The largest absolute Gasteiger partial charge is 0.493 e. The van der Waals surface area contributed by atoms with E-state index in [0.717, 1.165) is 0 Å². The molecule has 11 heteroatoms. The number of anilines is 1. The molecule has 1 amide bonds. The Bertz CT molecular complexity index is 1020. The minimum atomic E-state index is -1.48. The lowest BCUT2D eigenvalue weighted by Gasteiger charge is -2.18. The molecule has 2 aromatic carbocycles. The zero-order valence-electron chi connectivity index (χ0n) is 18.9. The summed E-state index contributed by atoms with van der Waals surface area (Å²) in [5.41, 5.74) is 0.348. The van der Waals surface area contributed by atoms with Crippen molar-refractivity contribution in [1.82, 2.24) is 0 Å². The van der Waals surface area contributed by atoms with E-state index in [0.29, 0.717) is 35.5 Å². The minimum Gasteiger partial charge on any atom is -0.493 e. The molecule has 0 saturated heterocycles. The molecule has 0 heterocycles. The summed E-state index contributed by atoms with van der Waals surface area (Å²) in [6.07, 6.45) is 0. The van der Waals surface area contributed by atoms with E-state index in [9.17, 15) is 9.59 Å². The third-order valence-electron chi connectivity index (χ3n) is 4.26. The Labute approximate surface area is 202 Å². The number of nitrogens with one attached hydrogen (secondary N) is 1. The number of amides is 1. The van der Waals surface area contributed by atoms with Crippen LogP contribution < -0.4 is 24.3 Å². The van der Waals surface area contributed by atoms with Crippen LogP contribution in [0.15, 0.2) is 34.5 Å². The number of nitrogens with zero attached hydrogens (tertiary/aromatic N) is 2. The van der Waals surface area contributed by atoms with Crippen molar-refractivity contribution in [3.63, 3.8) is 0 Å². The Balaban J connectivity index is 2.43. The van der Waals surface area contributed by atoms with Crippen LogP contribution >= 0.6 is 23.2 Å². The first-order chi connectivity index (χ1) is 15.8. The summed E-state index contributed by atoms with van der Waals surface area (Å²) in [5.74, 6) is -0.125. The number of benzene rings is 2. The normalized spacial score (nSPS) is 11.7. The minimum absolute atomic E-state index is 0.120. The maximum Gasteiger partial charge on any atom is 0.259 e. The summed E-state index contributed by atoms with van der Waals surface area (Å²) >= 11 is 12.3. The number of Topliss-reactive ketones (excluding diaryl/α,β-unsaturated/α-hetero) is 1. The maximum absolute atomic E-state index is 13.0. The van der Waals surface area contributed by atoms with E-state index in [-0.39, 0.29) is 22.1 Å². The van der Waals surface area contributed by atoms with Crippen molar-refractivity contribution in [3.05, 3.63) is 34.3 Å². The average molecular weight is 498 g/mol. The van der Waals surface area contributed by atoms with E-state index in [1.165, 1.54) is 39.3 Å². The van der Waals surface area contributed by atoms with E-state index in [1.807, 2.05) is 0 Å². The van der Waals surface area contributed by atoms with E-state index >= 15 is 0 Å². The van der Waals surface area contributed by atoms with Crippen LogP contribution in [0, 0.1) is 0 Å². The standard InChI is InChI=1S/C22H25Cl2N3O6/c1-6-32-16-10-13(23)11-17(33-7-2)20(16)25-22(29)18(12(3)28)26-27-19-14(24)8-9-15(30-4)21(19)31-5/h8-11,18H,6-7H2,1-5H3,(H,25,29). The second kappa shape index (κ2) is 12.3. The molecular weight excluding hydrogens is 473 g/mol. The molecule has 33 heavy (non-hydrogen) atoms. The van der Waals surface area contributed by atoms with Gasteiger partial charge in [0.25, 0.3) is 5.91 Å². The van der Waals surface area contributed by atoms with Crippen molar-refractivity contribution < 1.29 is 28.5 Å². The summed E-state index contributed by atoms with van der Waals surface area (Å²) in [6.45, 7) is 5.43. The zero-order valence-corrected chi connectivity index (χ0v) is 20.4. The number of hydrogen-bond acceptors (Lipinski definition) is 8. The lowest BCUT2D eigenvalue weighted by molar-refractivity contribution is -0.126. The fraction of sp³-hybridized carbons (Fsp3) is 0.364. The number of hydrogen-bond donors (Lipinski definition) is 1. The Morgan fingerprint density at radius 1 is 1.00 bits per heavy atom. The number of rotatable bonds is 11. The van der Waals surface area contributed by atoms with Crippen LogP contribution in [0.5, 0.6) is 23.0 Å². The molecule has 1 unspecified atom stereocenters. The molecular formula is C22H25Cl2N3O6. The van der Waals surface area contributed by atoms with Gasteiger partial charge in [-0.25, -0.2) is 0 Å². The second-order valence-electron chi connectivity index (χ2n) is 6.49. The highest BCUT2D eigenvalue weighted by Gasteiger charge is 2.27. The molecule has 1 atom stereocenters. The van der Waals surface area contributed by atoms with E-state index in [2.05, 4.69) is 15.5 Å². The highest BCUT2D eigenvalue weighted by Crippen LogP contribution is 2.43. The molecule has 0 aromatic heterocycles. The Morgan fingerprint density at radius 3 is 2.09 bits per heavy atom. The molecule has 178 valence electrons. The number of azo groups is 1. The Hall–Kier alpha value is -3.04. The molecule has 0 saturated carbocycles. The third-order valence-corrected chi connectivity index (χ3v) is 4.78. The van der Waals surface area contributed by atoms with Gasteiger partial charge in [-0.1, -0.05) is 23.2 Å². The number of methoxy groups -OCH3 is 2.